The van der Waals surface area contributed by atoms with Crippen molar-refractivity contribution < 1.29 is 9.90 Å². The minimum Gasteiger partial charge on any atom is -0.478 e. The highest BCUT2D eigenvalue weighted by Crippen LogP contribution is 2.05. The average molecular weight is 213 g/mol. The second kappa shape index (κ2) is 8.48. The maximum atomic E-state index is 10.3. The minimum atomic E-state index is -0.866. The van der Waals surface area contributed by atoms with E-state index >= 15 is 0 Å². The Morgan fingerprint density at radius 3 is 2.60 bits per heavy atom. The highest BCUT2D eigenvalue weighted by Gasteiger charge is 2.09. The quantitative estimate of drug-likeness (QED) is 0.630. The molecule has 1 N–H and O–H groups in total. The summed E-state index contributed by atoms with van der Waals surface area (Å²) in [6.07, 6.45) is 6.40. The van der Waals surface area contributed by atoms with E-state index in [1.165, 1.54) is 18.9 Å². The van der Waals surface area contributed by atoms with Crippen molar-refractivity contribution in [3.05, 3.63) is 12.2 Å². The van der Waals surface area contributed by atoms with Gasteiger partial charge in [0.25, 0.3) is 0 Å². The summed E-state index contributed by atoms with van der Waals surface area (Å²) < 4.78 is 0. The molecule has 0 saturated carbocycles. The third-order valence-corrected chi connectivity index (χ3v) is 2.61. The summed E-state index contributed by atoms with van der Waals surface area (Å²) in [6, 6.07) is 0.523. The van der Waals surface area contributed by atoms with E-state index in [0.29, 0.717) is 6.04 Å². The van der Waals surface area contributed by atoms with Gasteiger partial charge in [-0.25, -0.2) is 4.79 Å². The molecule has 3 nitrogen and oxygen atoms in total. The molecule has 0 aromatic rings. The average Bonchev–Trinajstić information content (AvgIpc) is 2.21. The van der Waals surface area contributed by atoms with Crippen molar-refractivity contribution in [1.82, 2.24) is 4.90 Å². The summed E-state index contributed by atoms with van der Waals surface area (Å²) in [5.74, 6) is -0.866. The van der Waals surface area contributed by atoms with Crippen LogP contribution in [0.3, 0.4) is 0 Å². The van der Waals surface area contributed by atoms with Crippen molar-refractivity contribution in [1.29, 1.82) is 0 Å². The van der Waals surface area contributed by atoms with Crippen LogP contribution >= 0.6 is 0 Å². The number of unbranched alkanes of at least 4 members (excludes halogenated alkanes) is 1. The van der Waals surface area contributed by atoms with Gasteiger partial charge in [0.1, 0.15) is 0 Å². The summed E-state index contributed by atoms with van der Waals surface area (Å²) in [6.45, 7) is 8.30. The predicted octanol–water partition coefficient (Wildman–Crippen LogP) is 2.53. The Kier molecular flexibility index (Phi) is 8.01. The number of carbonyl (C=O) groups is 1. The van der Waals surface area contributed by atoms with Crippen LogP contribution in [0.2, 0.25) is 0 Å². The largest absolute Gasteiger partial charge is 0.478 e. The number of hydrogen-bond donors (Lipinski definition) is 1. The molecule has 0 bridgehead atoms. The van der Waals surface area contributed by atoms with E-state index in [1.807, 2.05) is 0 Å². The van der Waals surface area contributed by atoms with Gasteiger partial charge in [-0.3, -0.25) is 4.90 Å². The maximum absolute atomic E-state index is 10.3. The van der Waals surface area contributed by atoms with Crippen molar-refractivity contribution in [3.63, 3.8) is 0 Å². The molecule has 0 saturated heterocycles. The van der Waals surface area contributed by atoms with Gasteiger partial charge in [-0.15, -0.1) is 0 Å². The molecule has 0 amide bonds. The first-order valence-electron chi connectivity index (χ1n) is 5.75. The van der Waals surface area contributed by atoms with Crippen LogP contribution in [0.5, 0.6) is 0 Å². The molecule has 0 aliphatic rings. The molecule has 1 atom stereocenters. The lowest BCUT2D eigenvalue weighted by Gasteiger charge is -2.26. The molecule has 1 unspecified atom stereocenters. The van der Waals surface area contributed by atoms with Gasteiger partial charge in [0.05, 0.1) is 0 Å². The van der Waals surface area contributed by atoms with E-state index in [2.05, 4.69) is 25.7 Å². The Balaban J connectivity index is 4.05. The van der Waals surface area contributed by atoms with Crippen molar-refractivity contribution in [2.24, 2.45) is 0 Å². The van der Waals surface area contributed by atoms with E-state index in [0.717, 1.165) is 19.5 Å². The number of aliphatic carboxylic acids is 1. The molecule has 0 rings (SSSR count). The number of carboxylic acids is 1. The van der Waals surface area contributed by atoms with Crippen LogP contribution in [-0.2, 0) is 4.79 Å². The van der Waals surface area contributed by atoms with Gasteiger partial charge < -0.3 is 5.11 Å². The first-order valence-corrected chi connectivity index (χ1v) is 5.75. The lowest BCUT2D eigenvalue weighted by atomic mass is 10.2. The molecular formula is C12H23NO2. The van der Waals surface area contributed by atoms with Gasteiger partial charge in [-0.05, 0) is 26.3 Å². The van der Waals surface area contributed by atoms with Gasteiger partial charge in [0.15, 0.2) is 0 Å². The number of rotatable bonds is 8. The fourth-order valence-corrected chi connectivity index (χ4v) is 1.40. The van der Waals surface area contributed by atoms with Gasteiger partial charge in [-0.1, -0.05) is 26.3 Å². The minimum absolute atomic E-state index is 0.523. The van der Waals surface area contributed by atoms with E-state index < -0.39 is 5.97 Å². The molecule has 3 heteroatoms. The molecule has 0 heterocycles. The van der Waals surface area contributed by atoms with Crippen molar-refractivity contribution in [2.75, 3.05) is 13.1 Å². The summed E-state index contributed by atoms with van der Waals surface area (Å²) in [7, 11) is 0. The Hall–Kier alpha value is -0.830. The van der Waals surface area contributed by atoms with Crippen molar-refractivity contribution in [3.8, 4) is 0 Å². The molecule has 0 aromatic heterocycles. The van der Waals surface area contributed by atoms with Crippen LogP contribution in [0.4, 0.5) is 0 Å². The lowest BCUT2D eigenvalue weighted by molar-refractivity contribution is -0.131. The molecular weight excluding hydrogens is 190 g/mol. The molecule has 88 valence electrons. The van der Waals surface area contributed by atoms with Gasteiger partial charge in [-0.2, -0.15) is 0 Å². The van der Waals surface area contributed by atoms with Gasteiger partial charge in [0, 0.05) is 18.7 Å². The first-order chi connectivity index (χ1) is 7.11. The molecule has 15 heavy (non-hydrogen) atoms. The van der Waals surface area contributed by atoms with Crippen LogP contribution < -0.4 is 0 Å². The van der Waals surface area contributed by atoms with Crippen LogP contribution in [0.15, 0.2) is 12.2 Å². The van der Waals surface area contributed by atoms with Crippen molar-refractivity contribution in [2.45, 2.75) is 46.1 Å². The third-order valence-electron chi connectivity index (χ3n) is 2.61. The second-order valence-electron chi connectivity index (χ2n) is 3.85. The number of carboxylic acid groups (broad SMARTS) is 1. The SMILES string of the molecule is CCCCN(CC=CC(=O)O)C(C)CC. The fourth-order valence-electron chi connectivity index (χ4n) is 1.40. The van der Waals surface area contributed by atoms with E-state index in [1.54, 1.807) is 6.08 Å². The summed E-state index contributed by atoms with van der Waals surface area (Å²) in [5, 5.41) is 8.49. The summed E-state index contributed by atoms with van der Waals surface area (Å²) >= 11 is 0. The van der Waals surface area contributed by atoms with E-state index in [9.17, 15) is 4.79 Å². The normalized spacial score (nSPS) is 13.6. The Bertz CT molecular complexity index is 202. The molecule has 0 fully saturated rings. The first kappa shape index (κ1) is 14.2. The zero-order chi connectivity index (χ0) is 11.7. The predicted molar refractivity (Wildman–Crippen MR) is 63.0 cm³/mol. The second-order valence-corrected chi connectivity index (χ2v) is 3.85. The zero-order valence-electron chi connectivity index (χ0n) is 10.1. The fraction of sp³-hybridized carbons (Fsp3) is 0.750. The van der Waals surface area contributed by atoms with Crippen LogP contribution in [-0.4, -0.2) is 35.1 Å². The number of nitrogens with zero attached hydrogens (tertiary/aromatic N) is 1. The standard InChI is InChI=1S/C12H23NO2/c1-4-6-9-13(11(3)5-2)10-7-8-12(14)15/h7-8,11H,4-6,9-10H2,1-3H3,(H,14,15). The Morgan fingerprint density at radius 2 is 2.13 bits per heavy atom. The Labute approximate surface area is 92.8 Å². The van der Waals surface area contributed by atoms with Gasteiger partial charge in [0.2, 0.25) is 0 Å². The smallest absolute Gasteiger partial charge is 0.328 e. The van der Waals surface area contributed by atoms with Crippen LogP contribution in [0.25, 0.3) is 0 Å². The summed E-state index contributed by atoms with van der Waals surface area (Å²) in [4.78, 5) is 12.7. The summed E-state index contributed by atoms with van der Waals surface area (Å²) in [5.41, 5.74) is 0. The number of hydrogen-bond acceptors (Lipinski definition) is 2. The highest BCUT2D eigenvalue weighted by molar-refractivity contribution is 5.79. The van der Waals surface area contributed by atoms with E-state index in [-0.39, 0.29) is 0 Å². The zero-order valence-corrected chi connectivity index (χ0v) is 10.1. The van der Waals surface area contributed by atoms with Crippen molar-refractivity contribution >= 4 is 5.97 Å². The van der Waals surface area contributed by atoms with Gasteiger partial charge >= 0.3 is 5.97 Å². The highest BCUT2D eigenvalue weighted by atomic mass is 16.4. The molecule has 0 aliphatic heterocycles. The molecule has 0 radical (unpaired) electrons. The molecule has 0 spiro atoms. The molecule has 0 aliphatic carbocycles. The van der Waals surface area contributed by atoms with Crippen LogP contribution in [0.1, 0.15) is 40.0 Å². The van der Waals surface area contributed by atoms with Crippen LogP contribution in [0, 0.1) is 0 Å². The monoisotopic (exact) mass is 213 g/mol. The topological polar surface area (TPSA) is 40.5 Å². The Morgan fingerprint density at radius 1 is 1.47 bits per heavy atom. The third kappa shape index (κ3) is 7.14. The lowest BCUT2D eigenvalue weighted by Crippen LogP contribution is -2.33. The maximum Gasteiger partial charge on any atom is 0.328 e. The molecule has 0 aromatic carbocycles. The van der Waals surface area contributed by atoms with E-state index in [4.69, 9.17) is 5.11 Å².